The van der Waals surface area contributed by atoms with Gasteiger partial charge < -0.3 is 10.2 Å². The molecule has 2 aromatic rings. The van der Waals surface area contributed by atoms with Gasteiger partial charge in [0.2, 0.25) is 0 Å². The Morgan fingerprint density at radius 1 is 1.09 bits per heavy atom. The van der Waals surface area contributed by atoms with Crippen LogP contribution in [-0.2, 0) is 0 Å². The highest BCUT2D eigenvalue weighted by atomic mass is 15.3. The molecule has 2 aliphatic heterocycles. The quantitative estimate of drug-likeness (QED) is 0.941. The topological polar surface area (TPSA) is 31.4 Å². The summed E-state index contributed by atoms with van der Waals surface area (Å²) in [5, 5.41) is 3.37. The van der Waals surface area contributed by atoms with Crippen molar-refractivity contribution in [2.45, 2.75) is 31.8 Å². The van der Waals surface area contributed by atoms with E-state index in [4.69, 9.17) is 0 Å². The fourth-order valence-corrected chi connectivity index (χ4v) is 3.98. The van der Waals surface area contributed by atoms with Gasteiger partial charge >= 0.3 is 0 Å². The van der Waals surface area contributed by atoms with Crippen LogP contribution in [0, 0.1) is 6.92 Å². The van der Waals surface area contributed by atoms with Gasteiger partial charge in [0.15, 0.2) is 0 Å². The maximum atomic E-state index is 4.33. The molecule has 4 nitrogen and oxygen atoms in total. The first kappa shape index (κ1) is 14.5. The van der Waals surface area contributed by atoms with E-state index in [2.05, 4.69) is 52.3 Å². The molecule has 2 fully saturated rings. The smallest absolute Gasteiger partial charge is 0.130 e. The lowest BCUT2D eigenvalue weighted by Gasteiger charge is -2.40. The molecule has 0 spiro atoms. The third kappa shape index (κ3) is 2.79. The molecule has 1 N–H and O–H groups in total. The monoisotopic (exact) mass is 308 g/mol. The molecule has 2 aliphatic rings. The molecule has 0 radical (unpaired) electrons. The average Bonchev–Trinajstić information content (AvgIpc) is 2.77. The molecule has 2 unspecified atom stereocenters. The first-order valence-electron chi connectivity index (χ1n) is 8.46. The lowest BCUT2D eigenvalue weighted by Crippen LogP contribution is -2.52. The third-order valence-corrected chi connectivity index (χ3v) is 5.32. The maximum Gasteiger partial charge on any atom is 0.130 e. The highest BCUT2D eigenvalue weighted by Gasteiger charge is 2.37. The maximum absolute atomic E-state index is 4.33. The van der Waals surface area contributed by atoms with Gasteiger partial charge in [-0.1, -0.05) is 6.07 Å². The second-order valence-corrected chi connectivity index (χ2v) is 6.80. The standard InChI is InChI=1S/C19H24N4/c1-14-11-15(21-19-5-3-4-10-20-19)6-9-18(14)23-12-16-7-8-17(13-23)22(16)2/h3-6,9-11,16-17H,7-8,12-13H2,1-2H3,(H,20,21). The zero-order valence-electron chi connectivity index (χ0n) is 13.9. The van der Waals surface area contributed by atoms with E-state index in [1.54, 1.807) is 0 Å². The van der Waals surface area contributed by atoms with Crippen LogP contribution < -0.4 is 10.2 Å². The SMILES string of the molecule is Cc1cc(Nc2ccccn2)ccc1N1CC2CCC(C1)N2C. The Morgan fingerprint density at radius 3 is 2.52 bits per heavy atom. The van der Waals surface area contributed by atoms with Crippen LogP contribution >= 0.6 is 0 Å². The van der Waals surface area contributed by atoms with Gasteiger partial charge in [-0.25, -0.2) is 4.98 Å². The Hall–Kier alpha value is -2.07. The van der Waals surface area contributed by atoms with Crippen molar-refractivity contribution in [1.29, 1.82) is 0 Å². The minimum Gasteiger partial charge on any atom is -0.368 e. The molecular weight excluding hydrogens is 284 g/mol. The predicted molar refractivity (Wildman–Crippen MR) is 95.5 cm³/mol. The van der Waals surface area contributed by atoms with E-state index in [0.717, 1.165) is 36.7 Å². The molecule has 120 valence electrons. The van der Waals surface area contributed by atoms with Crippen molar-refractivity contribution in [3.8, 4) is 0 Å². The van der Waals surface area contributed by atoms with Gasteiger partial charge in [0.1, 0.15) is 5.82 Å². The summed E-state index contributed by atoms with van der Waals surface area (Å²) in [5.41, 5.74) is 3.80. The van der Waals surface area contributed by atoms with E-state index >= 15 is 0 Å². The number of piperazine rings is 1. The lowest BCUT2D eigenvalue weighted by molar-refractivity contribution is 0.212. The van der Waals surface area contributed by atoms with E-state index < -0.39 is 0 Å². The molecule has 4 rings (SSSR count). The van der Waals surface area contributed by atoms with Crippen molar-refractivity contribution in [3.05, 3.63) is 48.2 Å². The van der Waals surface area contributed by atoms with Crippen LogP contribution in [0.5, 0.6) is 0 Å². The van der Waals surface area contributed by atoms with E-state index in [-0.39, 0.29) is 0 Å². The number of likely N-dealkylation sites (N-methyl/N-ethyl adjacent to an activating group) is 1. The number of nitrogens with one attached hydrogen (secondary N) is 1. The summed E-state index contributed by atoms with van der Waals surface area (Å²) in [6.45, 7) is 4.51. The molecule has 2 atom stereocenters. The molecule has 2 bridgehead atoms. The number of anilines is 3. The van der Waals surface area contributed by atoms with Crippen LogP contribution in [0.1, 0.15) is 18.4 Å². The van der Waals surface area contributed by atoms with E-state index in [0.29, 0.717) is 0 Å². The molecule has 2 saturated heterocycles. The molecule has 23 heavy (non-hydrogen) atoms. The van der Waals surface area contributed by atoms with Crippen molar-refractivity contribution in [2.75, 3.05) is 30.4 Å². The van der Waals surface area contributed by atoms with Gasteiger partial charge in [0.05, 0.1) is 0 Å². The molecule has 1 aromatic heterocycles. The number of fused-ring (bicyclic) bond motifs is 2. The van der Waals surface area contributed by atoms with Crippen molar-refractivity contribution < 1.29 is 0 Å². The number of aryl methyl sites for hydroxylation is 1. The van der Waals surface area contributed by atoms with E-state index in [1.807, 2.05) is 24.4 Å². The van der Waals surface area contributed by atoms with Crippen molar-refractivity contribution in [1.82, 2.24) is 9.88 Å². The van der Waals surface area contributed by atoms with Crippen LogP contribution in [0.4, 0.5) is 17.2 Å². The second kappa shape index (κ2) is 5.85. The normalized spacial score (nSPS) is 24.0. The number of hydrogen-bond acceptors (Lipinski definition) is 4. The van der Waals surface area contributed by atoms with Crippen LogP contribution in [0.3, 0.4) is 0 Å². The summed E-state index contributed by atoms with van der Waals surface area (Å²) in [5.74, 6) is 0.886. The van der Waals surface area contributed by atoms with Crippen molar-refractivity contribution >= 4 is 17.2 Å². The minimum absolute atomic E-state index is 0.722. The van der Waals surface area contributed by atoms with Gasteiger partial charge in [0.25, 0.3) is 0 Å². The number of aromatic nitrogens is 1. The number of pyridine rings is 1. The zero-order valence-corrected chi connectivity index (χ0v) is 13.9. The van der Waals surface area contributed by atoms with Crippen molar-refractivity contribution in [2.24, 2.45) is 0 Å². The second-order valence-electron chi connectivity index (χ2n) is 6.80. The van der Waals surface area contributed by atoms with Gasteiger partial charge in [-0.3, -0.25) is 4.90 Å². The highest BCUT2D eigenvalue weighted by Crippen LogP contribution is 2.33. The number of nitrogens with zero attached hydrogens (tertiary/aromatic N) is 3. The molecule has 1 aromatic carbocycles. The molecular formula is C19H24N4. The molecule has 3 heterocycles. The Morgan fingerprint density at radius 2 is 1.87 bits per heavy atom. The zero-order chi connectivity index (χ0) is 15.8. The fraction of sp³-hybridized carbons (Fsp3) is 0.421. The van der Waals surface area contributed by atoms with Gasteiger partial charge in [-0.05, 0) is 62.7 Å². The van der Waals surface area contributed by atoms with Crippen LogP contribution in [0.25, 0.3) is 0 Å². The summed E-state index contributed by atoms with van der Waals surface area (Å²) in [6, 6.07) is 14.0. The van der Waals surface area contributed by atoms with E-state index in [9.17, 15) is 0 Å². The summed E-state index contributed by atoms with van der Waals surface area (Å²) in [4.78, 5) is 9.47. The summed E-state index contributed by atoms with van der Waals surface area (Å²) in [7, 11) is 2.28. The summed E-state index contributed by atoms with van der Waals surface area (Å²) < 4.78 is 0. The largest absolute Gasteiger partial charge is 0.368 e. The molecule has 4 heteroatoms. The Bertz CT molecular complexity index is 671. The van der Waals surface area contributed by atoms with Gasteiger partial charge in [-0.2, -0.15) is 0 Å². The third-order valence-electron chi connectivity index (χ3n) is 5.32. The van der Waals surface area contributed by atoms with Crippen LogP contribution in [0.2, 0.25) is 0 Å². The van der Waals surface area contributed by atoms with Crippen molar-refractivity contribution in [3.63, 3.8) is 0 Å². The van der Waals surface area contributed by atoms with E-state index in [1.165, 1.54) is 24.1 Å². The van der Waals surface area contributed by atoms with Crippen LogP contribution in [-0.4, -0.2) is 42.1 Å². The molecule has 0 amide bonds. The predicted octanol–water partition coefficient (Wildman–Crippen LogP) is 3.42. The number of rotatable bonds is 3. The van der Waals surface area contributed by atoms with Gasteiger partial charge in [-0.15, -0.1) is 0 Å². The Kier molecular flexibility index (Phi) is 3.69. The van der Waals surface area contributed by atoms with Gasteiger partial charge in [0, 0.05) is 42.7 Å². The number of benzene rings is 1. The fourth-order valence-electron chi connectivity index (χ4n) is 3.98. The Labute approximate surface area is 138 Å². The minimum atomic E-state index is 0.722. The Balaban J connectivity index is 1.52. The lowest BCUT2D eigenvalue weighted by atomic mass is 10.1. The number of hydrogen-bond donors (Lipinski definition) is 1. The molecule has 0 saturated carbocycles. The summed E-state index contributed by atoms with van der Waals surface area (Å²) in [6.07, 6.45) is 4.50. The average molecular weight is 308 g/mol. The summed E-state index contributed by atoms with van der Waals surface area (Å²) >= 11 is 0. The molecule has 0 aliphatic carbocycles. The van der Waals surface area contributed by atoms with Crippen LogP contribution in [0.15, 0.2) is 42.6 Å². The first-order chi connectivity index (χ1) is 11.2. The highest BCUT2D eigenvalue weighted by molar-refractivity contribution is 5.64. The first-order valence-corrected chi connectivity index (χ1v) is 8.46.